The number of aliphatic hydroxyl groups is 1. The molecule has 2 heterocycles. The summed E-state index contributed by atoms with van der Waals surface area (Å²) in [6.07, 6.45) is 4.12. The summed E-state index contributed by atoms with van der Waals surface area (Å²) in [5.74, 6) is 0.288. The van der Waals surface area contributed by atoms with Crippen molar-refractivity contribution < 1.29 is 14.6 Å². The number of likely N-dealkylation sites (tertiary alicyclic amines) is 2. The first-order valence-electron chi connectivity index (χ1n) is 6.94. The summed E-state index contributed by atoms with van der Waals surface area (Å²) in [5.41, 5.74) is 0. The normalized spacial score (nSPS) is 26.8. The van der Waals surface area contributed by atoms with Crippen molar-refractivity contribution in [3.63, 3.8) is 0 Å². The molecule has 2 saturated heterocycles. The number of likely N-dealkylation sites (N-methyl/N-ethyl adjacent to an activating group) is 1. The van der Waals surface area contributed by atoms with Crippen LogP contribution in [0.5, 0.6) is 0 Å². The number of carbonyl (C=O) groups is 1. The van der Waals surface area contributed by atoms with Gasteiger partial charge in [0.05, 0.1) is 25.4 Å². The number of carbonyl (C=O) groups excluding carboxylic acids is 1. The maximum Gasteiger partial charge on any atom is 0.239 e. The van der Waals surface area contributed by atoms with Gasteiger partial charge >= 0.3 is 0 Å². The molecule has 2 fully saturated rings. The molecule has 0 aliphatic carbocycles. The van der Waals surface area contributed by atoms with Crippen LogP contribution in [0.2, 0.25) is 0 Å². The second-order valence-corrected chi connectivity index (χ2v) is 5.26. The van der Waals surface area contributed by atoms with Crippen LogP contribution in [0.4, 0.5) is 0 Å². The second kappa shape index (κ2) is 6.50. The molecule has 2 rings (SSSR count). The van der Waals surface area contributed by atoms with E-state index in [4.69, 9.17) is 9.84 Å². The van der Waals surface area contributed by atoms with Gasteiger partial charge in [0, 0.05) is 13.1 Å². The number of ether oxygens (including phenoxy) is 1. The highest BCUT2D eigenvalue weighted by molar-refractivity contribution is 5.82. The van der Waals surface area contributed by atoms with E-state index >= 15 is 0 Å². The average Bonchev–Trinajstić information content (AvgIpc) is 2.82. The summed E-state index contributed by atoms with van der Waals surface area (Å²) in [5, 5.41) is 8.71. The Morgan fingerprint density at radius 1 is 1.28 bits per heavy atom. The second-order valence-electron chi connectivity index (χ2n) is 5.26. The topological polar surface area (TPSA) is 53.0 Å². The first-order valence-corrected chi connectivity index (χ1v) is 6.94. The largest absolute Gasteiger partial charge is 0.394 e. The van der Waals surface area contributed by atoms with Crippen LogP contribution < -0.4 is 0 Å². The Labute approximate surface area is 109 Å². The molecule has 18 heavy (non-hydrogen) atoms. The molecule has 1 N–H and O–H groups in total. The van der Waals surface area contributed by atoms with Gasteiger partial charge in [-0.3, -0.25) is 9.69 Å². The van der Waals surface area contributed by atoms with Crippen LogP contribution >= 0.6 is 0 Å². The molecule has 2 aliphatic heterocycles. The van der Waals surface area contributed by atoms with Gasteiger partial charge in [-0.05, 0) is 39.3 Å². The molecule has 0 saturated carbocycles. The molecule has 5 nitrogen and oxygen atoms in total. The predicted octanol–water partition coefficient (Wildman–Crippen LogP) is 0.0805. The van der Waals surface area contributed by atoms with Crippen molar-refractivity contribution in [3.8, 4) is 0 Å². The first-order chi connectivity index (χ1) is 8.72. The third kappa shape index (κ3) is 3.22. The molecule has 1 amide bonds. The van der Waals surface area contributed by atoms with Gasteiger partial charge in [-0.15, -0.1) is 0 Å². The zero-order chi connectivity index (χ0) is 13.0. The average molecular weight is 256 g/mol. The number of piperidine rings is 1. The molecule has 0 aromatic rings. The van der Waals surface area contributed by atoms with E-state index in [0.717, 1.165) is 45.3 Å². The fourth-order valence-corrected chi connectivity index (χ4v) is 2.90. The van der Waals surface area contributed by atoms with E-state index in [-0.39, 0.29) is 24.7 Å². The summed E-state index contributed by atoms with van der Waals surface area (Å²) in [6.45, 7) is 3.10. The lowest BCUT2D eigenvalue weighted by Gasteiger charge is -2.34. The minimum Gasteiger partial charge on any atom is -0.394 e. The van der Waals surface area contributed by atoms with E-state index in [1.54, 1.807) is 0 Å². The molecule has 0 bridgehead atoms. The van der Waals surface area contributed by atoms with Crippen LogP contribution in [0.25, 0.3) is 0 Å². The maximum absolute atomic E-state index is 12.3. The molecular formula is C13H24N2O3. The van der Waals surface area contributed by atoms with Gasteiger partial charge < -0.3 is 14.7 Å². The summed E-state index contributed by atoms with van der Waals surface area (Å²) < 4.78 is 5.51. The summed E-state index contributed by atoms with van der Waals surface area (Å²) in [4.78, 5) is 16.5. The van der Waals surface area contributed by atoms with Crippen molar-refractivity contribution in [2.24, 2.45) is 0 Å². The van der Waals surface area contributed by atoms with E-state index < -0.39 is 0 Å². The van der Waals surface area contributed by atoms with E-state index in [9.17, 15) is 4.79 Å². The summed E-state index contributed by atoms with van der Waals surface area (Å²) >= 11 is 0. The Bertz CT molecular complexity index is 277. The summed E-state index contributed by atoms with van der Waals surface area (Å²) in [6, 6.07) is 0.0971. The van der Waals surface area contributed by atoms with Gasteiger partial charge in [0.25, 0.3) is 0 Å². The zero-order valence-corrected chi connectivity index (χ0v) is 11.2. The Kier molecular flexibility index (Phi) is 4.97. The fourth-order valence-electron chi connectivity index (χ4n) is 2.90. The molecule has 0 spiro atoms. The number of hydrogen-bond acceptors (Lipinski definition) is 4. The van der Waals surface area contributed by atoms with Crippen molar-refractivity contribution in [3.05, 3.63) is 0 Å². The Balaban J connectivity index is 1.77. The van der Waals surface area contributed by atoms with E-state index in [2.05, 4.69) is 4.90 Å². The standard InChI is InChI=1S/C13H24N2O3/c1-14-6-2-3-12(14)13(17)15-7-4-11(5-8-15)18-10-9-16/h11-12,16H,2-10H2,1H3. The molecule has 5 heteroatoms. The van der Waals surface area contributed by atoms with Gasteiger partial charge in [0.2, 0.25) is 5.91 Å². The number of nitrogens with zero attached hydrogens (tertiary/aromatic N) is 2. The van der Waals surface area contributed by atoms with Gasteiger partial charge in [-0.25, -0.2) is 0 Å². The highest BCUT2D eigenvalue weighted by atomic mass is 16.5. The van der Waals surface area contributed by atoms with Crippen molar-refractivity contribution >= 4 is 5.91 Å². The number of rotatable bonds is 4. The van der Waals surface area contributed by atoms with Gasteiger partial charge in [-0.2, -0.15) is 0 Å². The molecule has 0 aromatic carbocycles. The van der Waals surface area contributed by atoms with Crippen molar-refractivity contribution in [1.29, 1.82) is 0 Å². The van der Waals surface area contributed by atoms with Crippen molar-refractivity contribution in [1.82, 2.24) is 9.80 Å². The highest BCUT2D eigenvalue weighted by Gasteiger charge is 2.33. The van der Waals surface area contributed by atoms with Gasteiger partial charge in [0.1, 0.15) is 0 Å². The first kappa shape index (κ1) is 13.8. The molecule has 1 atom stereocenters. The lowest BCUT2D eigenvalue weighted by Crippen LogP contribution is -2.48. The van der Waals surface area contributed by atoms with Crippen LogP contribution in [0.1, 0.15) is 25.7 Å². The zero-order valence-electron chi connectivity index (χ0n) is 11.2. The molecule has 2 aliphatic rings. The minimum absolute atomic E-state index is 0.0754. The monoisotopic (exact) mass is 256 g/mol. The van der Waals surface area contributed by atoms with Crippen LogP contribution in [0.15, 0.2) is 0 Å². The molecule has 104 valence electrons. The van der Waals surface area contributed by atoms with Crippen molar-refractivity contribution in [2.75, 3.05) is 39.9 Å². The van der Waals surface area contributed by atoms with Crippen LogP contribution in [-0.4, -0.2) is 72.9 Å². The minimum atomic E-state index is 0.0754. The third-order valence-electron chi connectivity index (χ3n) is 4.00. The lowest BCUT2D eigenvalue weighted by molar-refractivity contribution is -0.138. The van der Waals surface area contributed by atoms with E-state index in [0.29, 0.717) is 6.61 Å². The Morgan fingerprint density at radius 3 is 2.56 bits per heavy atom. The number of hydrogen-bond donors (Lipinski definition) is 1. The maximum atomic E-state index is 12.3. The fraction of sp³-hybridized carbons (Fsp3) is 0.923. The Morgan fingerprint density at radius 2 is 2.00 bits per heavy atom. The molecular weight excluding hydrogens is 232 g/mol. The third-order valence-corrected chi connectivity index (χ3v) is 4.00. The van der Waals surface area contributed by atoms with E-state index in [1.165, 1.54) is 0 Å². The van der Waals surface area contributed by atoms with Crippen molar-refractivity contribution in [2.45, 2.75) is 37.8 Å². The predicted molar refractivity (Wildman–Crippen MR) is 68.3 cm³/mol. The SMILES string of the molecule is CN1CCCC1C(=O)N1CCC(OCCO)CC1. The van der Waals surface area contributed by atoms with Crippen LogP contribution in [0, 0.1) is 0 Å². The Hall–Kier alpha value is -0.650. The van der Waals surface area contributed by atoms with Gasteiger partial charge in [-0.1, -0.05) is 0 Å². The van der Waals surface area contributed by atoms with E-state index in [1.807, 2.05) is 11.9 Å². The summed E-state index contributed by atoms with van der Waals surface area (Å²) in [7, 11) is 2.03. The smallest absolute Gasteiger partial charge is 0.239 e. The lowest BCUT2D eigenvalue weighted by atomic mass is 10.1. The van der Waals surface area contributed by atoms with Gasteiger partial charge in [0.15, 0.2) is 0 Å². The number of amides is 1. The van der Waals surface area contributed by atoms with Crippen LogP contribution in [0.3, 0.4) is 0 Å². The molecule has 0 radical (unpaired) electrons. The van der Waals surface area contributed by atoms with Crippen LogP contribution in [-0.2, 0) is 9.53 Å². The quantitative estimate of drug-likeness (QED) is 0.774. The highest BCUT2D eigenvalue weighted by Crippen LogP contribution is 2.20. The molecule has 0 aromatic heterocycles. The molecule has 1 unspecified atom stereocenters. The number of aliphatic hydroxyl groups excluding tert-OH is 1.